The first kappa shape index (κ1) is 33.5. The van der Waals surface area contributed by atoms with Gasteiger partial charge in [0.1, 0.15) is 11.4 Å². The molecule has 2 fully saturated rings. The maximum Gasteiger partial charge on any atom is 0.237 e. The van der Waals surface area contributed by atoms with Gasteiger partial charge in [-0.2, -0.15) is 0 Å². The van der Waals surface area contributed by atoms with Crippen molar-refractivity contribution >= 4 is 23.2 Å². The summed E-state index contributed by atoms with van der Waals surface area (Å²) in [4.78, 5) is 19.0. The lowest BCUT2D eigenvalue weighted by molar-refractivity contribution is 0.0545. The molecule has 3 N–H and O–H groups in total. The fraction of sp³-hybridized carbons (Fsp3) is 0.429. The van der Waals surface area contributed by atoms with Crippen LogP contribution in [0.15, 0.2) is 48.8 Å². The molecule has 2 aromatic carbocycles. The lowest BCUT2D eigenvalue weighted by Gasteiger charge is -2.42. The van der Waals surface area contributed by atoms with Gasteiger partial charge in [-0.25, -0.2) is 9.97 Å². The highest BCUT2D eigenvalue weighted by Gasteiger charge is 2.36. The van der Waals surface area contributed by atoms with E-state index in [9.17, 15) is 0 Å². The Hall–Kier alpha value is -3.38. The Balaban J connectivity index is 1.23. The van der Waals surface area contributed by atoms with Crippen molar-refractivity contribution in [2.75, 3.05) is 41.0 Å². The number of ether oxygens (including phenoxy) is 3. The van der Waals surface area contributed by atoms with E-state index in [0.29, 0.717) is 58.9 Å². The third-order valence-electron chi connectivity index (χ3n) is 9.06. The van der Waals surface area contributed by atoms with E-state index >= 15 is 0 Å². The molecule has 1 unspecified atom stereocenters. The third kappa shape index (κ3) is 7.38. The van der Waals surface area contributed by atoms with E-state index in [1.807, 2.05) is 36.4 Å². The normalized spacial score (nSPS) is 17.0. The van der Waals surface area contributed by atoms with Crippen LogP contribution in [0, 0.1) is 0 Å². The number of hydrogen-bond acceptors (Lipinski definition) is 10. The van der Waals surface area contributed by atoms with Crippen molar-refractivity contribution in [3.8, 4) is 45.4 Å². The highest BCUT2D eigenvalue weighted by Crippen LogP contribution is 2.42. The molecule has 4 aromatic rings. The van der Waals surface area contributed by atoms with Gasteiger partial charge in [0.2, 0.25) is 11.8 Å². The highest BCUT2D eigenvalue weighted by molar-refractivity contribution is 6.39. The van der Waals surface area contributed by atoms with E-state index in [2.05, 4.69) is 20.9 Å². The molecule has 6 rings (SSSR count). The topological polar surface area (TPSA) is 115 Å². The summed E-state index contributed by atoms with van der Waals surface area (Å²) in [6.45, 7) is 3.69. The number of nitrogens with one attached hydrogen (secondary N) is 3. The van der Waals surface area contributed by atoms with Crippen LogP contribution < -0.4 is 25.4 Å². The van der Waals surface area contributed by atoms with Gasteiger partial charge in [0.25, 0.3) is 0 Å². The zero-order valence-electron chi connectivity index (χ0n) is 27.0. The number of halogens is 2. The fourth-order valence-electron chi connectivity index (χ4n) is 6.32. The zero-order valence-corrected chi connectivity index (χ0v) is 28.5. The zero-order chi connectivity index (χ0) is 32.8. The van der Waals surface area contributed by atoms with Crippen LogP contribution >= 0.6 is 23.2 Å². The van der Waals surface area contributed by atoms with Crippen LogP contribution in [0.1, 0.15) is 43.5 Å². The van der Waals surface area contributed by atoms with Crippen LogP contribution in [0.3, 0.4) is 0 Å². The molecule has 1 aliphatic carbocycles. The Bertz CT molecular complexity index is 1700. The molecule has 47 heavy (non-hydrogen) atoms. The summed E-state index contributed by atoms with van der Waals surface area (Å²) in [6, 6.07) is 12.1. The van der Waals surface area contributed by atoms with E-state index < -0.39 is 0 Å². The molecule has 0 bridgehead atoms. The Kier molecular flexibility index (Phi) is 10.9. The van der Waals surface area contributed by atoms with Gasteiger partial charge in [-0.3, -0.25) is 9.97 Å². The Morgan fingerprint density at radius 1 is 0.809 bits per heavy atom. The van der Waals surface area contributed by atoms with Crippen molar-refractivity contribution in [1.29, 1.82) is 0 Å². The second-order valence-corrected chi connectivity index (χ2v) is 12.9. The Labute approximate surface area is 286 Å². The van der Waals surface area contributed by atoms with Crippen LogP contribution in [0.2, 0.25) is 10.0 Å². The summed E-state index contributed by atoms with van der Waals surface area (Å²) >= 11 is 14.1. The van der Waals surface area contributed by atoms with E-state index in [1.165, 1.54) is 19.3 Å². The number of benzene rings is 2. The largest absolute Gasteiger partial charge is 0.480 e. The molecule has 1 saturated heterocycles. The molecule has 248 valence electrons. The predicted octanol–water partition coefficient (Wildman–Crippen LogP) is 6.09. The average molecular weight is 679 g/mol. The first-order valence-electron chi connectivity index (χ1n) is 16.0. The third-order valence-corrected chi connectivity index (χ3v) is 9.87. The van der Waals surface area contributed by atoms with Crippen molar-refractivity contribution in [2.24, 2.45) is 0 Å². The molecule has 3 heterocycles. The minimum Gasteiger partial charge on any atom is -0.480 e. The van der Waals surface area contributed by atoms with Gasteiger partial charge in [-0.05, 0) is 38.6 Å². The fourth-order valence-corrected chi connectivity index (χ4v) is 6.97. The summed E-state index contributed by atoms with van der Waals surface area (Å²) in [6.07, 6.45) is 9.18. The molecule has 2 aliphatic rings. The van der Waals surface area contributed by atoms with Crippen molar-refractivity contribution < 1.29 is 14.2 Å². The van der Waals surface area contributed by atoms with Gasteiger partial charge in [0.05, 0.1) is 54.7 Å². The van der Waals surface area contributed by atoms with Gasteiger partial charge < -0.3 is 30.2 Å². The van der Waals surface area contributed by atoms with Crippen molar-refractivity contribution in [3.63, 3.8) is 0 Å². The Morgan fingerprint density at radius 2 is 1.38 bits per heavy atom. The quantitative estimate of drug-likeness (QED) is 0.145. The molecule has 12 heteroatoms. The number of rotatable bonds is 14. The summed E-state index contributed by atoms with van der Waals surface area (Å²) in [5.74, 6) is 0.911. The lowest BCUT2D eigenvalue weighted by Crippen LogP contribution is -2.54. The summed E-state index contributed by atoms with van der Waals surface area (Å²) < 4.78 is 16.7. The second kappa shape index (κ2) is 15.2. The van der Waals surface area contributed by atoms with Crippen molar-refractivity contribution in [3.05, 3.63) is 70.2 Å². The van der Waals surface area contributed by atoms with Crippen LogP contribution in [0.25, 0.3) is 33.6 Å². The van der Waals surface area contributed by atoms with Crippen LogP contribution in [0.5, 0.6) is 11.8 Å². The number of hydrogen-bond donors (Lipinski definition) is 3. The van der Waals surface area contributed by atoms with Gasteiger partial charge in [0.15, 0.2) is 0 Å². The van der Waals surface area contributed by atoms with Crippen LogP contribution in [-0.2, 0) is 17.8 Å². The van der Waals surface area contributed by atoms with E-state index in [-0.39, 0.29) is 5.54 Å². The predicted molar refractivity (Wildman–Crippen MR) is 185 cm³/mol. The monoisotopic (exact) mass is 677 g/mol. The molecule has 10 nitrogen and oxygen atoms in total. The van der Waals surface area contributed by atoms with E-state index in [4.69, 9.17) is 52.4 Å². The van der Waals surface area contributed by atoms with Gasteiger partial charge in [-0.1, -0.05) is 59.6 Å². The molecule has 1 aliphatic heterocycles. The summed E-state index contributed by atoms with van der Waals surface area (Å²) in [5, 5.41) is 11.6. The molecule has 0 radical (unpaired) electrons. The van der Waals surface area contributed by atoms with Gasteiger partial charge in [-0.15, -0.1) is 0 Å². The number of aromatic nitrogens is 4. The molecule has 0 spiro atoms. The van der Waals surface area contributed by atoms with Crippen molar-refractivity contribution in [1.82, 2.24) is 35.9 Å². The van der Waals surface area contributed by atoms with Crippen LogP contribution in [-0.4, -0.2) is 72.5 Å². The minimum atomic E-state index is -0.0198. The molecule has 1 atom stereocenters. The van der Waals surface area contributed by atoms with E-state index in [0.717, 1.165) is 59.6 Å². The van der Waals surface area contributed by atoms with Crippen molar-refractivity contribution in [2.45, 2.75) is 56.8 Å². The second-order valence-electron chi connectivity index (χ2n) is 12.1. The van der Waals surface area contributed by atoms with Crippen LogP contribution in [0.4, 0.5) is 0 Å². The Morgan fingerprint density at radius 3 is 1.87 bits per heavy atom. The molecular weight excluding hydrogens is 637 g/mol. The smallest absolute Gasteiger partial charge is 0.237 e. The maximum absolute atomic E-state index is 7.08. The minimum absolute atomic E-state index is 0.0198. The number of nitrogens with zero attached hydrogens (tertiary/aromatic N) is 4. The van der Waals surface area contributed by atoms with E-state index in [1.54, 1.807) is 33.7 Å². The molecule has 0 amide bonds. The molecule has 2 aromatic heterocycles. The average Bonchev–Trinajstić information content (AvgIpc) is 3.60. The SMILES string of the molecule is COCC1(NCc2ncc(-c3cccc(-c4cccc(-c5cnc(CNCC6CCCN6)c(OC)n5)c4Cl)c3Cl)nc2OC)CCC1. The first-order chi connectivity index (χ1) is 22.9. The number of methoxy groups -OCH3 is 3. The lowest BCUT2D eigenvalue weighted by atomic mass is 9.77. The first-order valence-corrected chi connectivity index (χ1v) is 16.8. The van der Waals surface area contributed by atoms with Gasteiger partial charge in [0, 0.05) is 60.6 Å². The standard InChI is InChI=1S/C35H41Cl2N7O3/c1-45-21-35(13-7-14-35)42-20-30-34(47-3)44-28(19-41-30)26-12-5-10-24(32(26)37)23-9-4-11-25(31(23)36)27-18-40-29(33(43-27)46-2)17-38-16-22-8-6-15-39-22/h4-5,9-12,18-19,22,38-39,42H,6-8,13-17,20-21H2,1-3H3. The van der Waals surface area contributed by atoms with Gasteiger partial charge >= 0.3 is 0 Å². The molecule has 1 saturated carbocycles. The highest BCUT2D eigenvalue weighted by atomic mass is 35.5. The summed E-state index contributed by atoms with van der Waals surface area (Å²) in [5.41, 5.74) is 5.62. The summed E-state index contributed by atoms with van der Waals surface area (Å²) in [7, 11) is 4.94. The maximum atomic E-state index is 7.08. The molecular formula is C35H41Cl2N7O3.